The molecule has 0 saturated carbocycles. The van der Waals surface area contributed by atoms with Gasteiger partial charge < -0.3 is 14.6 Å². The molecular weight excluding hydrogens is 540 g/mol. The number of nitrogens with one attached hydrogen (secondary N) is 1. The van der Waals surface area contributed by atoms with E-state index in [4.69, 9.17) is 16.1 Å². The molecule has 0 saturated heterocycles. The van der Waals surface area contributed by atoms with Crippen LogP contribution in [0.5, 0.6) is 5.75 Å². The van der Waals surface area contributed by atoms with E-state index in [0.717, 1.165) is 19.3 Å². The summed E-state index contributed by atoms with van der Waals surface area (Å²) in [6, 6.07) is 4.57. The van der Waals surface area contributed by atoms with E-state index in [1.165, 1.54) is 12.1 Å². The highest BCUT2D eigenvalue weighted by Gasteiger charge is 2.20. The van der Waals surface area contributed by atoms with Crippen LogP contribution in [0.25, 0.3) is 28.3 Å². The first-order valence-corrected chi connectivity index (χ1v) is 12.5. The van der Waals surface area contributed by atoms with E-state index in [9.17, 15) is 9.90 Å². The summed E-state index contributed by atoms with van der Waals surface area (Å²) >= 11 is 9.51. The molecular formula is C22H22BrClN8O3. The maximum absolute atomic E-state index is 13.2. The lowest BCUT2D eigenvalue weighted by Gasteiger charge is -2.09. The van der Waals surface area contributed by atoms with Crippen molar-refractivity contribution in [2.75, 3.05) is 0 Å². The molecule has 1 aromatic carbocycles. The topological polar surface area (TPSA) is 140 Å². The van der Waals surface area contributed by atoms with Gasteiger partial charge in [0.05, 0.1) is 5.02 Å². The molecule has 35 heavy (non-hydrogen) atoms. The maximum atomic E-state index is 13.2. The second-order valence-electron chi connectivity index (χ2n) is 8.17. The standard InChI is InChI=1S/C22H22BrClN8O3/c1-2-3-4-10-31-19-17(26-21(23)27-19)20(34)32-15(28-29-22(31)32)6-5-7-16-25-18(30-35-16)13-9-8-12(33)11-14(13)24/h8-9,11,33H,2-7,10H2,1H3,(H,26,27). The highest BCUT2D eigenvalue weighted by atomic mass is 79.9. The summed E-state index contributed by atoms with van der Waals surface area (Å²) in [4.78, 5) is 25.1. The van der Waals surface area contributed by atoms with Crippen molar-refractivity contribution < 1.29 is 9.63 Å². The average molecular weight is 562 g/mol. The number of aryl methyl sites for hydroxylation is 3. The molecule has 4 heterocycles. The fraction of sp³-hybridized carbons (Fsp3) is 0.364. The molecule has 0 aliphatic rings. The number of phenolic OH excluding ortho intramolecular Hbond substituents is 1. The molecule has 0 spiro atoms. The molecule has 5 aromatic rings. The van der Waals surface area contributed by atoms with Crippen LogP contribution in [0.2, 0.25) is 5.02 Å². The Labute approximate surface area is 212 Å². The molecule has 11 nitrogen and oxygen atoms in total. The van der Waals surface area contributed by atoms with E-state index in [-0.39, 0.29) is 11.3 Å². The summed E-state index contributed by atoms with van der Waals surface area (Å²) < 4.78 is 9.35. The molecule has 0 fully saturated rings. The fourth-order valence-electron chi connectivity index (χ4n) is 4.01. The summed E-state index contributed by atoms with van der Waals surface area (Å²) in [7, 11) is 0. The Morgan fingerprint density at radius 3 is 2.83 bits per heavy atom. The van der Waals surface area contributed by atoms with Crippen molar-refractivity contribution in [2.24, 2.45) is 0 Å². The summed E-state index contributed by atoms with van der Waals surface area (Å²) in [5.74, 6) is 1.89. The summed E-state index contributed by atoms with van der Waals surface area (Å²) in [6.07, 6.45) is 4.68. The Hall–Kier alpha value is -3.25. The van der Waals surface area contributed by atoms with E-state index < -0.39 is 0 Å². The quantitative estimate of drug-likeness (QED) is 0.200. The van der Waals surface area contributed by atoms with Crippen LogP contribution in [0.3, 0.4) is 0 Å². The van der Waals surface area contributed by atoms with Gasteiger partial charge in [-0.15, -0.1) is 10.2 Å². The van der Waals surface area contributed by atoms with Crippen LogP contribution in [0.4, 0.5) is 0 Å². The molecule has 0 radical (unpaired) electrons. The second kappa shape index (κ2) is 9.78. The zero-order valence-electron chi connectivity index (χ0n) is 18.8. The number of aromatic amines is 1. The largest absolute Gasteiger partial charge is 0.508 e. The molecule has 13 heteroatoms. The van der Waals surface area contributed by atoms with Crippen LogP contribution in [0.1, 0.15) is 44.3 Å². The van der Waals surface area contributed by atoms with Gasteiger partial charge in [0.25, 0.3) is 5.56 Å². The van der Waals surface area contributed by atoms with Gasteiger partial charge in [0, 0.05) is 24.9 Å². The highest BCUT2D eigenvalue weighted by molar-refractivity contribution is 9.10. The third-order valence-electron chi connectivity index (χ3n) is 5.72. The molecule has 0 aliphatic carbocycles. The van der Waals surface area contributed by atoms with E-state index in [1.807, 2.05) is 4.57 Å². The van der Waals surface area contributed by atoms with Gasteiger partial charge in [0.1, 0.15) is 11.6 Å². The number of rotatable bonds is 9. The van der Waals surface area contributed by atoms with Crippen LogP contribution < -0.4 is 5.56 Å². The third kappa shape index (κ3) is 4.55. The summed E-state index contributed by atoms with van der Waals surface area (Å²) in [5, 5.41) is 22.5. The number of aromatic hydroxyl groups is 1. The van der Waals surface area contributed by atoms with Crippen molar-refractivity contribution in [3.63, 3.8) is 0 Å². The molecule has 0 bridgehead atoms. The summed E-state index contributed by atoms with van der Waals surface area (Å²) in [6.45, 7) is 2.83. The third-order valence-corrected chi connectivity index (χ3v) is 6.41. The molecule has 0 aliphatic heterocycles. The number of aromatic nitrogens is 8. The molecule has 0 amide bonds. The second-order valence-corrected chi connectivity index (χ2v) is 9.33. The summed E-state index contributed by atoms with van der Waals surface area (Å²) in [5.41, 5.74) is 1.31. The predicted molar refractivity (Wildman–Crippen MR) is 133 cm³/mol. The minimum absolute atomic E-state index is 0.0622. The van der Waals surface area contributed by atoms with Crippen molar-refractivity contribution in [1.29, 1.82) is 0 Å². The minimum Gasteiger partial charge on any atom is -0.508 e. The number of unbranched alkanes of at least 4 members (excludes halogenated alkanes) is 2. The van der Waals surface area contributed by atoms with Crippen LogP contribution in [0.15, 0.2) is 32.3 Å². The van der Waals surface area contributed by atoms with Gasteiger partial charge >= 0.3 is 0 Å². The molecule has 4 aromatic heterocycles. The highest BCUT2D eigenvalue weighted by Crippen LogP contribution is 2.29. The lowest BCUT2D eigenvalue weighted by molar-refractivity contribution is 0.375. The molecule has 5 rings (SSSR count). The van der Waals surface area contributed by atoms with Crippen molar-refractivity contribution in [3.05, 3.63) is 50.0 Å². The Kier molecular flexibility index (Phi) is 6.56. The zero-order chi connectivity index (χ0) is 24.5. The Balaban J connectivity index is 1.38. The van der Waals surface area contributed by atoms with Crippen molar-refractivity contribution in [3.8, 4) is 17.1 Å². The Morgan fingerprint density at radius 2 is 2.03 bits per heavy atom. The zero-order valence-corrected chi connectivity index (χ0v) is 21.2. The number of imidazole rings is 1. The van der Waals surface area contributed by atoms with E-state index in [1.54, 1.807) is 10.5 Å². The number of H-pyrrole nitrogens is 1. The van der Waals surface area contributed by atoms with Crippen LogP contribution in [0, 0.1) is 0 Å². The van der Waals surface area contributed by atoms with Crippen molar-refractivity contribution >= 4 is 44.5 Å². The number of nitrogens with zero attached hydrogens (tertiary/aromatic N) is 7. The van der Waals surface area contributed by atoms with Crippen LogP contribution >= 0.6 is 27.5 Å². The smallest absolute Gasteiger partial charge is 0.286 e. The monoisotopic (exact) mass is 560 g/mol. The number of hydrogen-bond acceptors (Lipinski definition) is 8. The average Bonchev–Trinajstić information content (AvgIpc) is 3.55. The molecule has 0 atom stereocenters. The van der Waals surface area contributed by atoms with Gasteiger partial charge in [-0.25, -0.2) is 9.38 Å². The first-order chi connectivity index (χ1) is 17.0. The lowest BCUT2D eigenvalue weighted by atomic mass is 10.2. The van der Waals surface area contributed by atoms with Crippen molar-refractivity contribution in [2.45, 2.75) is 52.0 Å². The van der Waals surface area contributed by atoms with E-state index in [2.05, 4.69) is 53.2 Å². The van der Waals surface area contributed by atoms with E-state index in [0.29, 0.717) is 75.6 Å². The van der Waals surface area contributed by atoms with Gasteiger partial charge in [-0.05, 0) is 47.0 Å². The van der Waals surface area contributed by atoms with Crippen molar-refractivity contribution in [1.82, 2.24) is 39.3 Å². The molecule has 2 N–H and O–H groups in total. The van der Waals surface area contributed by atoms with Crippen LogP contribution in [-0.4, -0.2) is 44.4 Å². The maximum Gasteiger partial charge on any atom is 0.286 e. The van der Waals surface area contributed by atoms with Crippen LogP contribution in [-0.2, 0) is 19.4 Å². The first-order valence-electron chi connectivity index (χ1n) is 11.3. The normalized spacial score (nSPS) is 11.7. The van der Waals surface area contributed by atoms with Gasteiger partial charge in [0.15, 0.2) is 15.9 Å². The first kappa shape index (κ1) is 23.5. The molecule has 0 unspecified atom stereocenters. The Morgan fingerprint density at radius 1 is 1.17 bits per heavy atom. The van der Waals surface area contributed by atoms with Gasteiger partial charge in [-0.3, -0.25) is 9.36 Å². The Bertz CT molecular complexity index is 1570. The van der Waals surface area contributed by atoms with Gasteiger partial charge in [-0.1, -0.05) is 36.5 Å². The number of fused-ring (bicyclic) bond motifs is 2. The van der Waals surface area contributed by atoms with E-state index >= 15 is 0 Å². The molecule has 182 valence electrons. The predicted octanol–water partition coefficient (Wildman–Crippen LogP) is 4.30. The number of phenols is 1. The fourth-order valence-corrected chi connectivity index (χ4v) is 4.64. The number of hydrogen-bond donors (Lipinski definition) is 2. The number of benzene rings is 1. The number of halogens is 2. The lowest BCUT2D eigenvalue weighted by Crippen LogP contribution is -2.21. The van der Waals surface area contributed by atoms with Gasteiger partial charge in [0.2, 0.25) is 17.5 Å². The van der Waals surface area contributed by atoms with Gasteiger partial charge in [-0.2, -0.15) is 4.98 Å². The SMILES string of the molecule is CCCCCn1c2nc(Br)[nH]c2c(=O)n2c(CCCc3nc(-c4ccc(O)cc4Cl)no3)nnc12. The minimum atomic E-state index is -0.234.